The van der Waals surface area contributed by atoms with Gasteiger partial charge in [0.25, 0.3) is 11.5 Å². The highest BCUT2D eigenvalue weighted by atomic mass is 79.9. The van der Waals surface area contributed by atoms with Crippen LogP contribution < -0.4 is 5.43 Å². The average molecular weight is 599 g/mol. The van der Waals surface area contributed by atoms with E-state index in [0.29, 0.717) is 16.7 Å². The van der Waals surface area contributed by atoms with Crippen LogP contribution >= 0.6 is 39.1 Å². The van der Waals surface area contributed by atoms with E-state index in [2.05, 4.69) is 31.6 Å². The average Bonchev–Trinajstić information content (AvgIpc) is 3.27. The van der Waals surface area contributed by atoms with E-state index in [1.807, 2.05) is 24.3 Å². The lowest BCUT2D eigenvalue weighted by Gasteiger charge is -2.29. The van der Waals surface area contributed by atoms with Crippen LogP contribution in [0.2, 0.25) is 10.0 Å². The molecule has 0 fully saturated rings. The molecule has 186 valence electrons. The summed E-state index contributed by atoms with van der Waals surface area (Å²) >= 11 is 15.2. The molecule has 11 heteroatoms. The molecule has 1 amide bonds. The van der Waals surface area contributed by atoms with Crippen LogP contribution in [0.4, 0.5) is 13.2 Å². The number of hydrogen-bond acceptors (Lipinski definition) is 4. The second-order valence-corrected chi connectivity index (χ2v) is 9.86. The van der Waals surface area contributed by atoms with Crippen molar-refractivity contribution in [1.29, 1.82) is 0 Å². The number of amides is 1. The summed E-state index contributed by atoms with van der Waals surface area (Å²) in [6, 6.07) is 15.6. The predicted octanol–water partition coefficient (Wildman–Crippen LogP) is 7.41. The first kappa shape index (κ1) is 26.2. The van der Waals surface area contributed by atoms with Gasteiger partial charge in [-0.2, -0.15) is 18.3 Å². The van der Waals surface area contributed by atoms with Gasteiger partial charge in [-0.15, -0.1) is 0 Å². The highest BCUT2D eigenvalue weighted by Gasteiger charge is 2.62. The van der Waals surface area contributed by atoms with Gasteiger partial charge in [0.2, 0.25) is 0 Å². The summed E-state index contributed by atoms with van der Waals surface area (Å²) in [5.74, 6) is -0.463. The van der Waals surface area contributed by atoms with Crippen LogP contribution in [-0.2, 0) is 10.4 Å². The lowest BCUT2D eigenvalue weighted by atomic mass is 9.86. The minimum Gasteiger partial charge on any atom is -0.374 e. The van der Waals surface area contributed by atoms with E-state index in [0.717, 1.165) is 22.2 Å². The number of hydrazone groups is 1. The summed E-state index contributed by atoms with van der Waals surface area (Å²) in [5.41, 5.74) is 1.57. The lowest BCUT2D eigenvalue weighted by Crippen LogP contribution is -2.42. The number of oxime groups is 1. The van der Waals surface area contributed by atoms with E-state index in [1.165, 1.54) is 24.4 Å². The predicted molar refractivity (Wildman–Crippen MR) is 137 cm³/mol. The van der Waals surface area contributed by atoms with E-state index in [9.17, 15) is 18.0 Å². The van der Waals surface area contributed by atoms with Gasteiger partial charge in [0.05, 0.1) is 11.9 Å². The Kier molecular flexibility index (Phi) is 7.45. The number of carbonyl (C=O) groups excluding carboxylic acids is 1. The van der Waals surface area contributed by atoms with Gasteiger partial charge in [-0.1, -0.05) is 62.5 Å². The molecule has 0 bridgehead atoms. The zero-order chi connectivity index (χ0) is 26.1. The normalized spacial score (nSPS) is 17.7. The Hall–Kier alpha value is -2.88. The number of nitrogens with one attached hydrogen (secondary N) is 1. The van der Waals surface area contributed by atoms with Crippen molar-refractivity contribution in [2.24, 2.45) is 10.3 Å². The van der Waals surface area contributed by atoms with Gasteiger partial charge in [-0.05, 0) is 66.1 Å². The number of aryl methyl sites for hydroxylation is 1. The summed E-state index contributed by atoms with van der Waals surface area (Å²) in [6.45, 7) is 1.67. The third-order valence-corrected chi connectivity index (χ3v) is 6.53. The summed E-state index contributed by atoms with van der Waals surface area (Å²) in [6.07, 6.45) is -3.89. The fourth-order valence-electron chi connectivity index (χ4n) is 3.72. The van der Waals surface area contributed by atoms with Crippen molar-refractivity contribution >= 4 is 57.0 Å². The van der Waals surface area contributed by atoms with Gasteiger partial charge >= 0.3 is 6.18 Å². The second kappa shape index (κ2) is 10.2. The number of benzene rings is 3. The Morgan fingerprint density at radius 1 is 1.11 bits per heavy atom. The van der Waals surface area contributed by atoms with E-state index < -0.39 is 24.1 Å². The van der Waals surface area contributed by atoms with Crippen LogP contribution in [0.3, 0.4) is 0 Å². The molecule has 0 saturated heterocycles. The zero-order valence-corrected chi connectivity index (χ0v) is 21.6. The largest absolute Gasteiger partial charge is 0.435 e. The van der Waals surface area contributed by atoms with Crippen LogP contribution in [0.1, 0.15) is 39.0 Å². The fraction of sp³-hybridized carbons (Fsp3) is 0.160. The van der Waals surface area contributed by atoms with Gasteiger partial charge in [0.15, 0.2) is 0 Å². The third-order valence-electron chi connectivity index (χ3n) is 5.57. The Labute approximate surface area is 223 Å². The molecule has 0 aromatic heterocycles. The number of hydrogen-bond donors (Lipinski definition) is 1. The summed E-state index contributed by atoms with van der Waals surface area (Å²) in [4.78, 5) is 17.6. The fourth-order valence-corrected chi connectivity index (χ4v) is 4.51. The molecule has 1 unspecified atom stereocenters. The number of carbonyl (C=O) groups is 1. The minimum absolute atomic E-state index is 0.0483. The molecule has 1 atom stereocenters. The Bertz CT molecular complexity index is 1360. The minimum atomic E-state index is -4.80. The first-order valence-electron chi connectivity index (χ1n) is 10.5. The van der Waals surface area contributed by atoms with Crippen LogP contribution in [0.5, 0.6) is 0 Å². The number of alkyl halides is 3. The van der Waals surface area contributed by atoms with E-state index >= 15 is 0 Å². The van der Waals surface area contributed by atoms with Crippen molar-refractivity contribution < 1.29 is 22.8 Å². The SMILES string of the molecule is Cc1cc(C2=NOC(c3cc(Cl)cc(Cl)c3)(C(F)(F)F)C2)ccc1C(=O)NN=Cc1ccc(Br)cc1. The molecule has 0 spiro atoms. The van der Waals surface area contributed by atoms with Gasteiger partial charge in [0, 0.05) is 32.1 Å². The third kappa shape index (κ3) is 5.43. The van der Waals surface area contributed by atoms with Crippen molar-refractivity contribution in [1.82, 2.24) is 5.43 Å². The van der Waals surface area contributed by atoms with Gasteiger partial charge in [-0.3, -0.25) is 4.79 Å². The summed E-state index contributed by atoms with van der Waals surface area (Å²) < 4.78 is 43.5. The maximum atomic E-state index is 14.2. The molecule has 1 aliphatic rings. The first-order valence-corrected chi connectivity index (χ1v) is 12.0. The summed E-state index contributed by atoms with van der Waals surface area (Å²) in [7, 11) is 0. The van der Waals surface area contributed by atoms with Crippen LogP contribution in [0.15, 0.2) is 75.4 Å². The Morgan fingerprint density at radius 2 is 1.78 bits per heavy atom. The number of rotatable bonds is 5. The maximum absolute atomic E-state index is 14.2. The molecular formula is C25H17BrCl2F3N3O2. The zero-order valence-electron chi connectivity index (χ0n) is 18.5. The second-order valence-electron chi connectivity index (χ2n) is 8.07. The highest BCUT2D eigenvalue weighted by molar-refractivity contribution is 9.10. The molecule has 0 aliphatic carbocycles. The lowest BCUT2D eigenvalue weighted by molar-refractivity contribution is -0.275. The molecule has 1 aliphatic heterocycles. The highest BCUT2D eigenvalue weighted by Crippen LogP contribution is 2.49. The maximum Gasteiger partial charge on any atom is 0.435 e. The first-order chi connectivity index (χ1) is 17.0. The van der Waals surface area contributed by atoms with Gasteiger partial charge in [-0.25, -0.2) is 5.43 Å². The Balaban J connectivity index is 1.53. The molecule has 3 aromatic carbocycles. The molecule has 1 N–H and O–H groups in total. The molecular weight excluding hydrogens is 582 g/mol. The standard InChI is InChI=1S/C25H17BrCl2F3N3O2/c1-14-8-16(4-7-21(14)23(35)33-32-13-15-2-5-18(26)6-3-15)22-12-24(36-34-22,25(29,30)31)17-9-19(27)11-20(28)10-17/h2-11,13H,12H2,1H3,(H,33,35). The van der Waals surface area contributed by atoms with E-state index in [4.69, 9.17) is 28.0 Å². The molecule has 5 nitrogen and oxygen atoms in total. The van der Waals surface area contributed by atoms with E-state index in [-0.39, 0.29) is 21.3 Å². The smallest absolute Gasteiger partial charge is 0.374 e. The van der Waals surface area contributed by atoms with Crippen LogP contribution in [0, 0.1) is 6.92 Å². The van der Waals surface area contributed by atoms with Crippen molar-refractivity contribution in [3.63, 3.8) is 0 Å². The molecule has 0 saturated carbocycles. The molecule has 0 radical (unpaired) electrons. The quantitative estimate of drug-likeness (QED) is 0.245. The molecule has 36 heavy (non-hydrogen) atoms. The van der Waals surface area contributed by atoms with Gasteiger partial charge in [0.1, 0.15) is 0 Å². The molecule has 4 rings (SSSR count). The van der Waals surface area contributed by atoms with Crippen LogP contribution in [-0.4, -0.2) is 24.0 Å². The monoisotopic (exact) mass is 597 g/mol. The van der Waals surface area contributed by atoms with Crippen molar-refractivity contribution in [3.05, 3.63) is 103 Å². The summed E-state index contributed by atoms with van der Waals surface area (Å²) in [5, 5.41) is 7.80. The van der Waals surface area contributed by atoms with Crippen LogP contribution in [0.25, 0.3) is 0 Å². The van der Waals surface area contributed by atoms with Crippen molar-refractivity contribution in [3.8, 4) is 0 Å². The molecule has 3 aromatic rings. The number of halogens is 6. The van der Waals surface area contributed by atoms with Gasteiger partial charge < -0.3 is 4.84 Å². The Morgan fingerprint density at radius 3 is 2.39 bits per heavy atom. The van der Waals surface area contributed by atoms with E-state index in [1.54, 1.807) is 13.0 Å². The van der Waals surface area contributed by atoms with Crippen molar-refractivity contribution in [2.45, 2.75) is 25.1 Å². The molecule has 1 heterocycles. The topological polar surface area (TPSA) is 63.0 Å². The number of nitrogens with zero attached hydrogens (tertiary/aromatic N) is 2. The van der Waals surface area contributed by atoms with Crippen molar-refractivity contribution in [2.75, 3.05) is 0 Å².